The quantitative estimate of drug-likeness (QED) is 0.323. The molecule has 2 N–H and O–H groups in total. The van der Waals surface area contributed by atoms with E-state index in [1.807, 2.05) is 0 Å². The van der Waals surface area contributed by atoms with Crippen molar-refractivity contribution in [2.45, 2.75) is 0 Å². The summed E-state index contributed by atoms with van der Waals surface area (Å²) < 4.78 is 25.2. The molecule has 0 saturated carbocycles. The predicted octanol–water partition coefficient (Wildman–Crippen LogP) is -0.955. The van der Waals surface area contributed by atoms with Gasteiger partial charge in [-0.1, -0.05) is 4.67 Å². The Morgan fingerprint density at radius 2 is 2.00 bits per heavy atom. The molecule has 0 aliphatic heterocycles. The fraction of sp³-hybridized carbons (Fsp3) is 0. The van der Waals surface area contributed by atoms with E-state index in [2.05, 4.69) is 9.35 Å². The minimum Gasteiger partial charge on any atom is -0.565 e. The molecule has 0 aliphatic carbocycles. The Bertz CT molecular complexity index is 141. The summed E-state index contributed by atoms with van der Waals surface area (Å²) in [6.07, 6.45) is 0. The maximum absolute atomic E-state index is 9.62. The van der Waals surface area contributed by atoms with Crippen LogP contribution in [0.3, 0.4) is 0 Å². The second kappa shape index (κ2) is 3.34. The first kappa shape index (κ1) is 9.13. The summed E-state index contributed by atoms with van der Waals surface area (Å²) in [5.74, 6) is 0. The van der Waals surface area contributed by atoms with E-state index in [0.29, 0.717) is 0 Å². The lowest BCUT2D eigenvalue weighted by atomic mass is 14.9. The third-order valence-electron chi connectivity index (χ3n) is 0.191. The highest BCUT2D eigenvalue weighted by Crippen LogP contribution is 2.38. The molecule has 0 aromatic rings. The molecule has 0 aliphatic rings. The molecule has 0 amide bonds. The number of rotatable bonds is 3. The molecule has 0 spiro atoms. The zero-order valence-corrected chi connectivity index (χ0v) is 5.62. The molecule has 0 saturated heterocycles. The predicted molar refractivity (Wildman–Crippen MR) is 21.8 cm³/mol. The number of hydrogen-bond donors (Lipinski definition) is 2. The molecule has 9 heteroatoms. The van der Waals surface area contributed by atoms with Crippen LogP contribution >= 0.6 is 16.1 Å². The van der Waals surface area contributed by atoms with E-state index < -0.39 is 16.1 Å². The molecule has 9 heavy (non-hydrogen) atoms. The first-order valence-corrected chi connectivity index (χ1v) is 4.11. The average Bonchev–Trinajstić information content (AvgIpc) is 1.59. The number of phosphoric acid groups is 1. The lowest BCUT2D eigenvalue weighted by Crippen LogP contribution is -1.91. The SMILES string of the molecule is O=[P+]([O-])OOP(=O)(O)O. The van der Waals surface area contributed by atoms with E-state index in [1.54, 1.807) is 0 Å². The van der Waals surface area contributed by atoms with Gasteiger partial charge in [0.25, 0.3) is 0 Å². The topological polar surface area (TPSA) is 116 Å². The average molecular weight is 176 g/mol. The summed E-state index contributed by atoms with van der Waals surface area (Å²) in [5.41, 5.74) is 0. The van der Waals surface area contributed by atoms with Crippen molar-refractivity contribution in [2.75, 3.05) is 0 Å². The van der Waals surface area contributed by atoms with Crippen molar-refractivity contribution in [1.29, 1.82) is 0 Å². The summed E-state index contributed by atoms with van der Waals surface area (Å²) in [6.45, 7) is 0. The van der Waals surface area contributed by atoms with E-state index in [9.17, 15) is 14.0 Å². The Morgan fingerprint density at radius 1 is 1.56 bits per heavy atom. The van der Waals surface area contributed by atoms with Gasteiger partial charge in [0.15, 0.2) is 0 Å². The van der Waals surface area contributed by atoms with Gasteiger partial charge in [0.1, 0.15) is 0 Å². The van der Waals surface area contributed by atoms with Crippen molar-refractivity contribution in [1.82, 2.24) is 0 Å². The van der Waals surface area contributed by atoms with Gasteiger partial charge < -0.3 is 14.7 Å². The molecule has 0 radical (unpaired) electrons. The molecule has 7 nitrogen and oxygen atoms in total. The van der Waals surface area contributed by atoms with Gasteiger partial charge >= 0.3 is 16.1 Å². The minimum absolute atomic E-state index is 3.06. The van der Waals surface area contributed by atoms with Gasteiger partial charge in [-0.2, -0.15) is 0 Å². The van der Waals surface area contributed by atoms with E-state index in [0.717, 1.165) is 0 Å². The lowest BCUT2D eigenvalue weighted by molar-refractivity contribution is -0.236. The summed E-state index contributed by atoms with van der Waals surface area (Å²) in [5, 5.41) is 0. The normalized spacial score (nSPS) is 13.4. The van der Waals surface area contributed by atoms with Crippen LogP contribution in [-0.4, -0.2) is 9.79 Å². The van der Waals surface area contributed by atoms with Crippen LogP contribution in [0.1, 0.15) is 0 Å². The van der Waals surface area contributed by atoms with Crippen LogP contribution in [0.2, 0.25) is 0 Å². The first-order valence-electron chi connectivity index (χ1n) is 1.48. The van der Waals surface area contributed by atoms with Gasteiger partial charge in [0.2, 0.25) is 0 Å². The van der Waals surface area contributed by atoms with Gasteiger partial charge in [0, 0.05) is 4.67 Å². The molecule has 0 aromatic carbocycles. The molecule has 0 heterocycles. The molecule has 0 aromatic heterocycles. The van der Waals surface area contributed by atoms with Crippen molar-refractivity contribution in [3.63, 3.8) is 0 Å². The van der Waals surface area contributed by atoms with E-state index in [4.69, 9.17) is 9.79 Å². The minimum atomic E-state index is -4.83. The second-order valence-electron chi connectivity index (χ2n) is 0.863. The van der Waals surface area contributed by atoms with Gasteiger partial charge in [0.05, 0.1) is 0 Å². The molecule has 1 atom stereocenters. The Hall–Kier alpha value is 0.130. The number of hydrogen-bond acceptors (Lipinski definition) is 5. The van der Waals surface area contributed by atoms with Crippen molar-refractivity contribution in [2.24, 2.45) is 0 Å². The Labute approximate surface area is 50.3 Å². The molecule has 1 unspecified atom stereocenters. The fourth-order valence-electron chi connectivity index (χ4n) is 0.0706. The van der Waals surface area contributed by atoms with Crippen LogP contribution < -0.4 is 4.89 Å². The Kier molecular flexibility index (Phi) is 3.38. The van der Waals surface area contributed by atoms with Gasteiger partial charge in [-0.05, 0) is 4.57 Å². The maximum atomic E-state index is 9.62. The molecular weight excluding hydrogens is 174 g/mol. The zero-order valence-electron chi connectivity index (χ0n) is 3.83. The Balaban J connectivity index is 3.53. The van der Waals surface area contributed by atoms with Crippen LogP contribution in [0.15, 0.2) is 0 Å². The monoisotopic (exact) mass is 176 g/mol. The first-order chi connectivity index (χ1) is 3.92. The maximum Gasteiger partial charge on any atom is 0.522 e. The summed E-state index contributed by atoms with van der Waals surface area (Å²) >= 11 is 0. The van der Waals surface area contributed by atoms with Crippen molar-refractivity contribution in [3.05, 3.63) is 0 Å². The highest BCUT2D eigenvalue weighted by Gasteiger charge is 2.20. The van der Waals surface area contributed by atoms with Crippen LogP contribution in [0.25, 0.3) is 0 Å². The Morgan fingerprint density at radius 3 is 2.11 bits per heavy atom. The second-order valence-corrected chi connectivity index (χ2v) is 2.59. The summed E-state index contributed by atoms with van der Waals surface area (Å²) in [6, 6.07) is 0. The molecule has 0 bridgehead atoms. The van der Waals surface area contributed by atoms with Crippen LogP contribution in [-0.2, 0) is 18.5 Å². The highest BCUT2D eigenvalue weighted by atomic mass is 31.2. The van der Waals surface area contributed by atoms with Gasteiger partial charge in [-0.15, -0.1) is 0 Å². The van der Waals surface area contributed by atoms with Crippen molar-refractivity contribution < 1.29 is 33.2 Å². The largest absolute Gasteiger partial charge is 0.565 e. The molecule has 54 valence electrons. The third-order valence-corrected chi connectivity index (χ3v) is 0.774. The third kappa shape index (κ3) is 8.13. The fourth-order valence-corrected chi connectivity index (χ4v) is 0.636. The van der Waals surface area contributed by atoms with E-state index >= 15 is 0 Å². The molecular formula is H2O7P2. The van der Waals surface area contributed by atoms with E-state index in [1.165, 1.54) is 0 Å². The van der Waals surface area contributed by atoms with Crippen LogP contribution in [0, 0.1) is 0 Å². The summed E-state index contributed by atoms with van der Waals surface area (Å²) in [7, 11) is -8.20. The zero-order chi connectivity index (χ0) is 7.49. The van der Waals surface area contributed by atoms with Crippen molar-refractivity contribution in [3.8, 4) is 0 Å². The molecule has 0 fully saturated rings. The van der Waals surface area contributed by atoms with E-state index in [-0.39, 0.29) is 0 Å². The lowest BCUT2D eigenvalue weighted by Gasteiger charge is -1.94. The standard InChI is InChI=1S/H2O7P2/c1-8(2)6-7-9(3,4)5/h(H2,3,4,5). The van der Waals surface area contributed by atoms with Gasteiger partial charge in [-0.25, -0.2) is 4.57 Å². The smallest absolute Gasteiger partial charge is 0.522 e. The highest BCUT2D eigenvalue weighted by molar-refractivity contribution is 7.46. The van der Waals surface area contributed by atoms with Crippen LogP contribution in [0.5, 0.6) is 0 Å². The summed E-state index contributed by atoms with van der Waals surface area (Å²) in [4.78, 5) is 24.9. The van der Waals surface area contributed by atoms with Crippen LogP contribution in [0.4, 0.5) is 0 Å². The molecule has 0 rings (SSSR count). The van der Waals surface area contributed by atoms with Crippen molar-refractivity contribution >= 4 is 16.1 Å². The van der Waals surface area contributed by atoms with Gasteiger partial charge in [-0.3, -0.25) is 0 Å².